The molecule has 1 atom stereocenters. The zero-order chi connectivity index (χ0) is 12.5. The maximum atomic E-state index is 13.5. The van der Waals surface area contributed by atoms with Crippen LogP contribution in [0.5, 0.6) is 0 Å². The maximum Gasteiger partial charge on any atom is 0.128 e. The van der Waals surface area contributed by atoms with Crippen LogP contribution in [0.25, 0.3) is 0 Å². The molecule has 1 unspecified atom stereocenters. The van der Waals surface area contributed by atoms with Crippen molar-refractivity contribution >= 4 is 5.69 Å². The lowest BCUT2D eigenvalue weighted by molar-refractivity contribution is 0.217. The number of hydrogen-bond donors (Lipinski definition) is 1. The summed E-state index contributed by atoms with van der Waals surface area (Å²) in [5, 5.41) is 3.54. The van der Waals surface area contributed by atoms with Crippen LogP contribution >= 0.6 is 0 Å². The minimum atomic E-state index is -0.122. The molecule has 0 saturated heterocycles. The maximum absolute atomic E-state index is 13.5. The summed E-state index contributed by atoms with van der Waals surface area (Å²) in [7, 11) is 0. The van der Waals surface area contributed by atoms with E-state index in [1.807, 2.05) is 13.0 Å². The van der Waals surface area contributed by atoms with Gasteiger partial charge in [-0.1, -0.05) is 32.8 Å². The van der Waals surface area contributed by atoms with Gasteiger partial charge < -0.3 is 5.32 Å². The number of anilines is 1. The van der Waals surface area contributed by atoms with Crippen LogP contribution in [0, 0.1) is 18.2 Å². The van der Waals surface area contributed by atoms with E-state index in [4.69, 9.17) is 0 Å². The quantitative estimate of drug-likeness (QED) is 0.795. The third-order valence-corrected chi connectivity index (χ3v) is 4.10. The van der Waals surface area contributed by atoms with Crippen LogP contribution in [0.1, 0.15) is 45.1 Å². The smallest absolute Gasteiger partial charge is 0.128 e. The highest BCUT2D eigenvalue weighted by Crippen LogP contribution is 2.37. The Morgan fingerprint density at radius 1 is 1.29 bits per heavy atom. The van der Waals surface area contributed by atoms with Gasteiger partial charge in [-0.25, -0.2) is 4.39 Å². The molecular formula is C15H22FN. The first kappa shape index (κ1) is 12.4. The summed E-state index contributed by atoms with van der Waals surface area (Å²) in [6.07, 6.45) is 5.02. The summed E-state index contributed by atoms with van der Waals surface area (Å²) in [4.78, 5) is 0. The van der Waals surface area contributed by atoms with Gasteiger partial charge in [0.05, 0.1) is 0 Å². The van der Waals surface area contributed by atoms with Crippen molar-refractivity contribution in [3.8, 4) is 0 Å². The van der Waals surface area contributed by atoms with Crippen molar-refractivity contribution in [3.05, 3.63) is 29.6 Å². The second-order valence-electron chi connectivity index (χ2n) is 5.84. The van der Waals surface area contributed by atoms with Crippen LogP contribution in [0.15, 0.2) is 18.2 Å². The molecule has 1 nitrogen and oxygen atoms in total. The van der Waals surface area contributed by atoms with Crippen LogP contribution < -0.4 is 5.32 Å². The molecule has 1 aromatic carbocycles. The zero-order valence-corrected chi connectivity index (χ0v) is 11.0. The highest BCUT2D eigenvalue weighted by Gasteiger charge is 2.32. The molecule has 0 aromatic heterocycles. The highest BCUT2D eigenvalue weighted by molar-refractivity contribution is 5.52. The third kappa shape index (κ3) is 2.62. The Bertz CT molecular complexity index is 398. The van der Waals surface area contributed by atoms with Gasteiger partial charge in [0, 0.05) is 17.3 Å². The molecule has 0 amide bonds. The van der Waals surface area contributed by atoms with Crippen molar-refractivity contribution < 1.29 is 4.39 Å². The normalized spacial score (nSPS) is 23.4. The molecule has 94 valence electrons. The summed E-state index contributed by atoms with van der Waals surface area (Å²) in [6, 6.07) is 5.73. The van der Waals surface area contributed by atoms with Gasteiger partial charge in [-0.2, -0.15) is 0 Å². The molecule has 0 spiro atoms. The van der Waals surface area contributed by atoms with Crippen molar-refractivity contribution in [2.45, 2.75) is 52.5 Å². The molecule has 1 aliphatic carbocycles. The van der Waals surface area contributed by atoms with E-state index in [1.54, 1.807) is 6.07 Å². The number of rotatable bonds is 2. The van der Waals surface area contributed by atoms with Crippen molar-refractivity contribution in [2.75, 3.05) is 5.32 Å². The van der Waals surface area contributed by atoms with Gasteiger partial charge in [-0.3, -0.25) is 0 Å². The van der Waals surface area contributed by atoms with Crippen molar-refractivity contribution in [2.24, 2.45) is 5.41 Å². The minimum absolute atomic E-state index is 0.122. The van der Waals surface area contributed by atoms with E-state index in [-0.39, 0.29) is 5.82 Å². The van der Waals surface area contributed by atoms with Gasteiger partial charge in [0.25, 0.3) is 0 Å². The van der Waals surface area contributed by atoms with Gasteiger partial charge in [0.1, 0.15) is 5.82 Å². The number of hydrogen-bond acceptors (Lipinski definition) is 1. The average molecular weight is 235 g/mol. The van der Waals surface area contributed by atoms with E-state index in [9.17, 15) is 4.39 Å². The molecule has 2 rings (SSSR count). The fourth-order valence-corrected chi connectivity index (χ4v) is 2.71. The predicted molar refractivity (Wildman–Crippen MR) is 70.8 cm³/mol. The first-order valence-corrected chi connectivity index (χ1v) is 6.52. The Morgan fingerprint density at radius 2 is 2.06 bits per heavy atom. The fourth-order valence-electron chi connectivity index (χ4n) is 2.71. The Balaban J connectivity index is 2.17. The summed E-state index contributed by atoms with van der Waals surface area (Å²) >= 11 is 0. The van der Waals surface area contributed by atoms with E-state index in [0.29, 0.717) is 11.5 Å². The molecule has 0 radical (unpaired) electrons. The standard InChI is InChI=1S/C15H22FN/c1-11-12(16)7-6-8-13(11)17-14-9-4-5-10-15(14,2)3/h6-8,14,17H,4-5,9-10H2,1-3H3. The second kappa shape index (κ2) is 4.67. The molecule has 1 saturated carbocycles. The third-order valence-electron chi connectivity index (χ3n) is 4.10. The largest absolute Gasteiger partial charge is 0.381 e. The van der Waals surface area contributed by atoms with Gasteiger partial charge in [0.15, 0.2) is 0 Å². The monoisotopic (exact) mass is 235 g/mol. The predicted octanol–water partition coefficient (Wildman–Crippen LogP) is 4.51. The summed E-state index contributed by atoms with van der Waals surface area (Å²) in [6.45, 7) is 6.45. The summed E-state index contributed by atoms with van der Waals surface area (Å²) in [5.74, 6) is -0.122. The number of halogens is 1. The Labute approximate surface area is 103 Å². The Hall–Kier alpha value is -1.05. The van der Waals surface area contributed by atoms with Crippen molar-refractivity contribution in [1.29, 1.82) is 0 Å². The molecule has 0 bridgehead atoms. The zero-order valence-electron chi connectivity index (χ0n) is 11.0. The number of nitrogens with one attached hydrogen (secondary N) is 1. The van der Waals surface area contributed by atoms with E-state index < -0.39 is 0 Å². The van der Waals surface area contributed by atoms with Crippen LogP contribution in [0.3, 0.4) is 0 Å². The summed E-state index contributed by atoms with van der Waals surface area (Å²) in [5.41, 5.74) is 1.98. The lowest BCUT2D eigenvalue weighted by atomic mass is 9.73. The van der Waals surface area contributed by atoms with E-state index in [0.717, 1.165) is 11.3 Å². The number of benzene rings is 1. The molecule has 0 heterocycles. The van der Waals surface area contributed by atoms with Crippen LogP contribution in [0.4, 0.5) is 10.1 Å². The van der Waals surface area contributed by atoms with Crippen molar-refractivity contribution in [3.63, 3.8) is 0 Å². The molecule has 1 aromatic rings. The molecule has 1 N–H and O–H groups in total. The van der Waals surface area contributed by atoms with Crippen molar-refractivity contribution in [1.82, 2.24) is 0 Å². The first-order chi connectivity index (χ1) is 8.00. The van der Waals surface area contributed by atoms with E-state index in [2.05, 4.69) is 19.2 Å². The van der Waals surface area contributed by atoms with Gasteiger partial charge in [-0.15, -0.1) is 0 Å². The minimum Gasteiger partial charge on any atom is -0.381 e. The lowest BCUT2D eigenvalue weighted by Gasteiger charge is -2.40. The topological polar surface area (TPSA) is 12.0 Å². The molecule has 0 aliphatic heterocycles. The van der Waals surface area contributed by atoms with Crippen LogP contribution in [-0.2, 0) is 0 Å². The SMILES string of the molecule is Cc1c(F)cccc1NC1CCCCC1(C)C. The van der Waals surface area contributed by atoms with E-state index >= 15 is 0 Å². The average Bonchev–Trinajstić information content (AvgIpc) is 2.27. The first-order valence-electron chi connectivity index (χ1n) is 6.52. The molecule has 2 heteroatoms. The van der Waals surface area contributed by atoms with Gasteiger partial charge in [-0.05, 0) is 37.3 Å². The fraction of sp³-hybridized carbons (Fsp3) is 0.600. The van der Waals surface area contributed by atoms with Gasteiger partial charge in [0.2, 0.25) is 0 Å². The van der Waals surface area contributed by atoms with Gasteiger partial charge >= 0.3 is 0 Å². The Kier molecular flexibility index (Phi) is 3.41. The Morgan fingerprint density at radius 3 is 2.76 bits per heavy atom. The molecule has 1 fully saturated rings. The summed E-state index contributed by atoms with van der Waals surface area (Å²) < 4.78 is 13.5. The highest BCUT2D eigenvalue weighted by atomic mass is 19.1. The molecule has 17 heavy (non-hydrogen) atoms. The molecule has 1 aliphatic rings. The van der Waals surface area contributed by atoms with Crippen LogP contribution in [0.2, 0.25) is 0 Å². The molecular weight excluding hydrogens is 213 g/mol. The van der Waals surface area contributed by atoms with Crippen LogP contribution in [-0.4, -0.2) is 6.04 Å². The lowest BCUT2D eigenvalue weighted by Crippen LogP contribution is -2.39. The second-order valence-corrected chi connectivity index (χ2v) is 5.84. The van der Waals surface area contributed by atoms with E-state index in [1.165, 1.54) is 31.7 Å².